The normalized spacial score (nSPS) is 38.1. The molecule has 4 unspecified atom stereocenters. The fourth-order valence-electron chi connectivity index (χ4n) is 3.85. The summed E-state index contributed by atoms with van der Waals surface area (Å²) in [5, 5.41) is 13.6. The third-order valence-electron chi connectivity index (χ3n) is 5.06. The van der Waals surface area contributed by atoms with E-state index in [2.05, 4.69) is 24.1 Å². The summed E-state index contributed by atoms with van der Waals surface area (Å²) in [7, 11) is 0. The standard InChI is InChI=1S/C16H32N2O/c1-3-17-15-8-6-4-5-7-14(15)12-18-10-9-16(19)13(2)11-18/h13-17,19H,3-12H2,1-2H3. The second-order valence-electron chi connectivity index (χ2n) is 6.66. The largest absolute Gasteiger partial charge is 0.393 e. The first kappa shape index (κ1) is 15.3. The molecule has 1 saturated heterocycles. The molecular formula is C16H32N2O. The summed E-state index contributed by atoms with van der Waals surface area (Å²) in [6.07, 6.45) is 7.82. The van der Waals surface area contributed by atoms with E-state index in [4.69, 9.17) is 0 Å². The van der Waals surface area contributed by atoms with Crippen LogP contribution in [0, 0.1) is 11.8 Å². The van der Waals surface area contributed by atoms with E-state index in [0.717, 1.165) is 38.0 Å². The average molecular weight is 268 g/mol. The van der Waals surface area contributed by atoms with E-state index in [0.29, 0.717) is 5.92 Å². The second kappa shape index (κ2) is 7.61. The summed E-state index contributed by atoms with van der Waals surface area (Å²) < 4.78 is 0. The van der Waals surface area contributed by atoms with Gasteiger partial charge in [-0.05, 0) is 37.6 Å². The minimum absolute atomic E-state index is 0.0741. The van der Waals surface area contributed by atoms with Crippen LogP contribution in [0.15, 0.2) is 0 Å². The third-order valence-corrected chi connectivity index (χ3v) is 5.06. The maximum absolute atomic E-state index is 9.84. The van der Waals surface area contributed by atoms with Gasteiger partial charge < -0.3 is 15.3 Å². The third kappa shape index (κ3) is 4.44. The topological polar surface area (TPSA) is 35.5 Å². The highest BCUT2D eigenvalue weighted by molar-refractivity contribution is 4.84. The maximum Gasteiger partial charge on any atom is 0.0590 e. The molecule has 112 valence electrons. The molecule has 3 nitrogen and oxygen atoms in total. The molecule has 0 aromatic rings. The highest BCUT2D eigenvalue weighted by Gasteiger charge is 2.29. The van der Waals surface area contributed by atoms with Crippen molar-refractivity contribution in [2.24, 2.45) is 11.8 Å². The highest BCUT2D eigenvalue weighted by Crippen LogP contribution is 2.26. The summed E-state index contributed by atoms with van der Waals surface area (Å²) in [4.78, 5) is 2.59. The molecule has 1 saturated carbocycles. The lowest BCUT2D eigenvalue weighted by atomic mass is 9.91. The molecule has 2 fully saturated rings. The van der Waals surface area contributed by atoms with Crippen LogP contribution >= 0.6 is 0 Å². The van der Waals surface area contributed by atoms with E-state index in [1.165, 1.54) is 38.6 Å². The van der Waals surface area contributed by atoms with Gasteiger partial charge in [0.05, 0.1) is 6.10 Å². The van der Waals surface area contributed by atoms with Crippen molar-refractivity contribution in [3.63, 3.8) is 0 Å². The average Bonchev–Trinajstić information content (AvgIpc) is 2.61. The predicted molar refractivity (Wildman–Crippen MR) is 80.3 cm³/mol. The van der Waals surface area contributed by atoms with Crippen molar-refractivity contribution in [3.8, 4) is 0 Å². The summed E-state index contributed by atoms with van der Waals surface area (Å²) >= 11 is 0. The van der Waals surface area contributed by atoms with Crippen molar-refractivity contribution < 1.29 is 5.11 Å². The first-order valence-electron chi connectivity index (χ1n) is 8.34. The monoisotopic (exact) mass is 268 g/mol. The molecule has 0 aromatic carbocycles. The van der Waals surface area contributed by atoms with Crippen LogP contribution in [0.2, 0.25) is 0 Å². The Hall–Kier alpha value is -0.120. The fourth-order valence-corrected chi connectivity index (χ4v) is 3.85. The Bertz CT molecular complexity index is 259. The summed E-state index contributed by atoms with van der Waals surface area (Å²) in [5.41, 5.74) is 0. The van der Waals surface area contributed by atoms with Crippen molar-refractivity contribution >= 4 is 0 Å². The van der Waals surface area contributed by atoms with Gasteiger partial charge in [-0.25, -0.2) is 0 Å². The number of rotatable bonds is 4. The van der Waals surface area contributed by atoms with Gasteiger partial charge in [0.15, 0.2) is 0 Å². The highest BCUT2D eigenvalue weighted by atomic mass is 16.3. The first-order chi connectivity index (χ1) is 9.20. The number of hydrogen-bond donors (Lipinski definition) is 2. The minimum atomic E-state index is -0.0741. The second-order valence-corrected chi connectivity index (χ2v) is 6.66. The SMILES string of the molecule is CCNC1CCCCCC1CN1CCC(O)C(C)C1. The van der Waals surface area contributed by atoms with E-state index >= 15 is 0 Å². The number of likely N-dealkylation sites (tertiary alicyclic amines) is 1. The molecule has 1 aliphatic heterocycles. The molecule has 0 aromatic heterocycles. The van der Waals surface area contributed by atoms with Gasteiger partial charge in [-0.15, -0.1) is 0 Å². The number of aliphatic hydroxyl groups excluding tert-OH is 1. The van der Waals surface area contributed by atoms with Crippen molar-refractivity contribution in [2.45, 2.75) is 64.5 Å². The number of piperidine rings is 1. The number of nitrogens with zero attached hydrogens (tertiary/aromatic N) is 1. The zero-order valence-electron chi connectivity index (χ0n) is 12.8. The molecule has 2 N–H and O–H groups in total. The molecule has 2 rings (SSSR count). The first-order valence-corrected chi connectivity index (χ1v) is 8.34. The Morgan fingerprint density at radius 1 is 1.16 bits per heavy atom. The molecule has 0 bridgehead atoms. The lowest BCUT2D eigenvalue weighted by Gasteiger charge is -2.38. The fraction of sp³-hybridized carbons (Fsp3) is 1.00. The van der Waals surface area contributed by atoms with Gasteiger partial charge in [-0.1, -0.05) is 33.1 Å². The Labute approximate surface area is 118 Å². The van der Waals surface area contributed by atoms with Gasteiger partial charge in [0.2, 0.25) is 0 Å². The predicted octanol–water partition coefficient (Wildman–Crippen LogP) is 2.25. The van der Waals surface area contributed by atoms with Gasteiger partial charge in [0, 0.05) is 25.7 Å². The number of hydrogen-bond acceptors (Lipinski definition) is 3. The van der Waals surface area contributed by atoms with E-state index < -0.39 is 0 Å². The van der Waals surface area contributed by atoms with Crippen molar-refractivity contribution in [3.05, 3.63) is 0 Å². The zero-order chi connectivity index (χ0) is 13.7. The number of aliphatic hydroxyl groups is 1. The Balaban J connectivity index is 1.87. The molecule has 4 atom stereocenters. The maximum atomic E-state index is 9.84. The lowest BCUT2D eigenvalue weighted by Crippen LogP contribution is -2.47. The lowest BCUT2D eigenvalue weighted by molar-refractivity contribution is 0.0261. The molecule has 3 heteroatoms. The quantitative estimate of drug-likeness (QED) is 0.768. The van der Waals surface area contributed by atoms with Crippen molar-refractivity contribution in [1.29, 1.82) is 0 Å². The van der Waals surface area contributed by atoms with Crippen molar-refractivity contribution in [2.75, 3.05) is 26.2 Å². The van der Waals surface area contributed by atoms with Crippen LogP contribution in [0.3, 0.4) is 0 Å². The van der Waals surface area contributed by atoms with E-state index in [1.807, 2.05) is 0 Å². The van der Waals surface area contributed by atoms with Crippen LogP contribution in [0.25, 0.3) is 0 Å². The summed E-state index contributed by atoms with van der Waals surface area (Å²) in [6.45, 7) is 8.90. The van der Waals surface area contributed by atoms with Crippen LogP contribution in [0.5, 0.6) is 0 Å². The van der Waals surface area contributed by atoms with Crippen LogP contribution < -0.4 is 5.32 Å². The van der Waals surface area contributed by atoms with Gasteiger partial charge in [0.1, 0.15) is 0 Å². The Morgan fingerprint density at radius 2 is 1.95 bits per heavy atom. The van der Waals surface area contributed by atoms with Crippen molar-refractivity contribution in [1.82, 2.24) is 10.2 Å². The van der Waals surface area contributed by atoms with Crippen LogP contribution in [-0.4, -0.2) is 48.3 Å². The molecule has 0 amide bonds. The van der Waals surface area contributed by atoms with Gasteiger partial charge >= 0.3 is 0 Å². The molecule has 1 aliphatic carbocycles. The van der Waals surface area contributed by atoms with Crippen LogP contribution in [-0.2, 0) is 0 Å². The Kier molecular flexibility index (Phi) is 6.11. The summed E-state index contributed by atoms with van der Waals surface area (Å²) in [5.74, 6) is 1.25. The van der Waals surface area contributed by atoms with Gasteiger partial charge in [-0.3, -0.25) is 0 Å². The van der Waals surface area contributed by atoms with Gasteiger partial charge in [-0.2, -0.15) is 0 Å². The smallest absolute Gasteiger partial charge is 0.0590 e. The Morgan fingerprint density at radius 3 is 2.68 bits per heavy atom. The molecule has 0 spiro atoms. The molecular weight excluding hydrogens is 236 g/mol. The molecule has 2 aliphatic rings. The molecule has 1 heterocycles. The summed E-state index contributed by atoms with van der Waals surface area (Å²) in [6, 6.07) is 0.717. The van der Waals surface area contributed by atoms with Crippen LogP contribution in [0.4, 0.5) is 0 Å². The van der Waals surface area contributed by atoms with E-state index in [1.54, 1.807) is 0 Å². The van der Waals surface area contributed by atoms with Gasteiger partial charge in [0.25, 0.3) is 0 Å². The zero-order valence-corrected chi connectivity index (χ0v) is 12.8. The van der Waals surface area contributed by atoms with Crippen LogP contribution in [0.1, 0.15) is 52.4 Å². The molecule has 19 heavy (non-hydrogen) atoms. The van der Waals surface area contributed by atoms with E-state index in [9.17, 15) is 5.11 Å². The molecule has 0 radical (unpaired) electrons. The van der Waals surface area contributed by atoms with E-state index in [-0.39, 0.29) is 6.10 Å². The number of nitrogens with one attached hydrogen (secondary N) is 1. The minimum Gasteiger partial charge on any atom is -0.393 e.